The zero-order valence-corrected chi connectivity index (χ0v) is 14.1. The molecule has 0 saturated heterocycles. The van der Waals surface area contributed by atoms with Gasteiger partial charge >= 0.3 is 12.1 Å². The molecule has 0 aliphatic heterocycles. The molecule has 0 aliphatic rings. The number of carbonyl (C=O) groups is 2. The maximum absolute atomic E-state index is 12.2. The monoisotopic (exact) mass is 364 g/mol. The Morgan fingerprint density at radius 3 is 2.40 bits per heavy atom. The van der Waals surface area contributed by atoms with Crippen molar-refractivity contribution in [1.29, 1.82) is 0 Å². The number of hydrogen-bond donors (Lipinski definition) is 2. The first-order valence-electron chi connectivity index (χ1n) is 7.34. The number of likely N-dealkylation sites (N-methyl/N-ethyl adjacent to an activating group) is 1. The molecule has 25 heavy (non-hydrogen) atoms. The van der Waals surface area contributed by atoms with Crippen LogP contribution in [0.15, 0.2) is 18.3 Å². The first kappa shape index (κ1) is 20.7. The van der Waals surface area contributed by atoms with E-state index in [0.717, 1.165) is 12.3 Å². The number of carboxylic acids is 1. The van der Waals surface area contributed by atoms with Gasteiger partial charge in [0, 0.05) is 12.3 Å². The van der Waals surface area contributed by atoms with E-state index >= 15 is 0 Å². The molecule has 0 aliphatic carbocycles. The van der Waals surface area contributed by atoms with Crippen LogP contribution in [0.4, 0.5) is 13.2 Å². The molecule has 1 aromatic rings. The quantitative estimate of drug-likeness (QED) is 0.679. The van der Waals surface area contributed by atoms with E-state index in [4.69, 9.17) is 5.11 Å². The third kappa shape index (κ3) is 8.89. The van der Waals surface area contributed by atoms with Crippen LogP contribution in [0.2, 0.25) is 0 Å². The van der Waals surface area contributed by atoms with Gasteiger partial charge in [0.25, 0.3) is 5.91 Å². The van der Waals surface area contributed by atoms with Gasteiger partial charge in [0.15, 0.2) is 6.61 Å². The minimum absolute atomic E-state index is 0.0937. The summed E-state index contributed by atoms with van der Waals surface area (Å²) in [7, 11) is 5.57. The SMILES string of the molecule is C[N+](C)(C)C[C@@H](CC(=O)O)NC(=O)c1ccc(OCC(F)(F)F)nc1. The minimum atomic E-state index is -4.48. The molecule has 1 rings (SSSR count). The van der Waals surface area contributed by atoms with E-state index < -0.39 is 30.7 Å². The van der Waals surface area contributed by atoms with Crippen molar-refractivity contribution in [3.63, 3.8) is 0 Å². The Morgan fingerprint density at radius 2 is 1.96 bits per heavy atom. The lowest BCUT2D eigenvalue weighted by Crippen LogP contribution is -2.49. The van der Waals surface area contributed by atoms with Crippen LogP contribution >= 0.6 is 0 Å². The van der Waals surface area contributed by atoms with Crippen LogP contribution in [0.5, 0.6) is 5.88 Å². The van der Waals surface area contributed by atoms with Gasteiger partial charge in [-0.05, 0) is 6.07 Å². The molecule has 1 atom stereocenters. The summed E-state index contributed by atoms with van der Waals surface area (Å²) in [5.41, 5.74) is 0.0937. The van der Waals surface area contributed by atoms with E-state index in [-0.39, 0.29) is 17.9 Å². The highest BCUT2D eigenvalue weighted by Gasteiger charge is 2.28. The van der Waals surface area contributed by atoms with Gasteiger partial charge in [-0.2, -0.15) is 13.2 Å². The summed E-state index contributed by atoms with van der Waals surface area (Å²) in [6.07, 6.45) is -3.65. The first-order chi connectivity index (χ1) is 11.4. The lowest BCUT2D eigenvalue weighted by molar-refractivity contribution is -0.871. The van der Waals surface area contributed by atoms with Crippen LogP contribution in [-0.4, -0.2) is 73.0 Å². The lowest BCUT2D eigenvalue weighted by atomic mass is 10.1. The van der Waals surface area contributed by atoms with Gasteiger partial charge < -0.3 is 19.6 Å². The second-order valence-electron chi connectivity index (χ2n) is 6.53. The smallest absolute Gasteiger partial charge is 0.422 e. The Kier molecular flexibility index (Phi) is 6.74. The second kappa shape index (κ2) is 8.15. The van der Waals surface area contributed by atoms with Gasteiger partial charge in [0.05, 0.1) is 45.7 Å². The van der Waals surface area contributed by atoms with Crippen molar-refractivity contribution in [3.8, 4) is 5.88 Å². The van der Waals surface area contributed by atoms with Crippen molar-refractivity contribution in [3.05, 3.63) is 23.9 Å². The number of alkyl halides is 3. The number of quaternary nitrogens is 1. The van der Waals surface area contributed by atoms with E-state index in [0.29, 0.717) is 11.0 Å². The van der Waals surface area contributed by atoms with E-state index in [2.05, 4.69) is 15.0 Å². The Morgan fingerprint density at radius 1 is 1.32 bits per heavy atom. The second-order valence-corrected chi connectivity index (χ2v) is 6.53. The molecular formula is C15H21F3N3O4+. The molecule has 0 unspecified atom stereocenters. The molecule has 0 saturated carbocycles. The molecule has 0 bridgehead atoms. The van der Waals surface area contributed by atoms with Gasteiger partial charge in [-0.1, -0.05) is 0 Å². The maximum atomic E-state index is 12.2. The number of aromatic nitrogens is 1. The predicted molar refractivity (Wildman–Crippen MR) is 82.2 cm³/mol. The van der Waals surface area contributed by atoms with Crippen molar-refractivity contribution in [2.24, 2.45) is 0 Å². The first-order valence-corrected chi connectivity index (χ1v) is 7.34. The fourth-order valence-electron chi connectivity index (χ4n) is 2.06. The number of carbonyl (C=O) groups excluding carboxylic acids is 1. The molecular weight excluding hydrogens is 343 g/mol. The van der Waals surface area contributed by atoms with Crippen LogP contribution in [-0.2, 0) is 4.79 Å². The van der Waals surface area contributed by atoms with Crippen LogP contribution in [0.25, 0.3) is 0 Å². The summed E-state index contributed by atoms with van der Waals surface area (Å²) in [5, 5.41) is 11.5. The standard InChI is InChI=1S/C15H20F3N3O4/c1-21(2,3)8-11(6-13(22)23)20-14(24)10-4-5-12(19-7-10)25-9-15(16,17)18/h4-5,7,11H,6,8-9H2,1-3H3,(H-,20,22,23,24)/p+1/t11-/m1/s1. The van der Waals surface area contributed by atoms with Crippen molar-refractivity contribution in [2.75, 3.05) is 34.3 Å². The number of aliphatic carboxylic acids is 1. The number of nitrogens with one attached hydrogen (secondary N) is 1. The Balaban J connectivity index is 2.72. The normalized spacial score (nSPS) is 13.2. The molecule has 1 aromatic heterocycles. The molecule has 1 heterocycles. The molecule has 10 heteroatoms. The fourth-order valence-corrected chi connectivity index (χ4v) is 2.06. The molecule has 0 radical (unpaired) electrons. The number of carboxylic acid groups (broad SMARTS) is 1. The third-order valence-electron chi connectivity index (χ3n) is 2.91. The summed E-state index contributed by atoms with van der Waals surface area (Å²) < 4.78 is 41.1. The van der Waals surface area contributed by atoms with Gasteiger partial charge in [0.2, 0.25) is 5.88 Å². The Bertz CT molecular complexity index is 598. The molecule has 7 nitrogen and oxygen atoms in total. The molecule has 140 valence electrons. The van der Waals surface area contributed by atoms with Gasteiger partial charge in [-0.25, -0.2) is 4.98 Å². The minimum Gasteiger partial charge on any atom is -0.481 e. The largest absolute Gasteiger partial charge is 0.481 e. The van der Waals surface area contributed by atoms with Gasteiger partial charge in [-0.15, -0.1) is 0 Å². The van der Waals surface area contributed by atoms with Crippen molar-refractivity contribution < 1.29 is 37.1 Å². The van der Waals surface area contributed by atoms with Crippen molar-refractivity contribution >= 4 is 11.9 Å². The summed E-state index contributed by atoms with van der Waals surface area (Å²) in [6.45, 7) is -1.09. The van der Waals surface area contributed by atoms with Crippen LogP contribution in [0.1, 0.15) is 16.8 Å². The zero-order valence-electron chi connectivity index (χ0n) is 14.1. The number of hydrogen-bond acceptors (Lipinski definition) is 4. The number of amides is 1. The van der Waals surface area contributed by atoms with Crippen LogP contribution < -0.4 is 10.1 Å². The summed E-state index contributed by atoms with van der Waals surface area (Å²) in [4.78, 5) is 26.8. The third-order valence-corrected chi connectivity index (χ3v) is 2.91. The summed E-state index contributed by atoms with van der Waals surface area (Å²) >= 11 is 0. The highest BCUT2D eigenvalue weighted by molar-refractivity contribution is 5.94. The topological polar surface area (TPSA) is 88.5 Å². The number of nitrogens with zero attached hydrogens (tertiary/aromatic N) is 2. The van der Waals surface area contributed by atoms with E-state index in [9.17, 15) is 22.8 Å². The average Bonchev–Trinajstić information content (AvgIpc) is 2.42. The maximum Gasteiger partial charge on any atom is 0.422 e. The summed E-state index contributed by atoms with van der Waals surface area (Å²) in [6, 6.07) is 1.80. The Hall–Kier alpha value is -2.36. The van der Waals surface area contributed by atoms with Gasteiger partial charge in [0.1, 0.15) is 0 Å². The van der Waals surface area contributed by atoms with Crippen molar-refractivity contribution in [2.45, 2.75) is 18.6 Å². The van der Waals surface area contributed by atoms with E-state index in [1.165, 1.54) is 6.07 Å². The van der Waals surface area contributed by atoms with Crippen LogP contribution in [0.3, 0.4) is 0 Å². The molecule has 0 aromatic carbocycles. The predicted octanol–water partition coefficient (Wildman–Crippen LogP) is 1.30. The van der Waals surface area contributed by atoms with Gasteiger partial charge in [-0.3, -0.25) is 9.59 Å². The molecule has 1 amide bonds. The van der Waals surface area contributed by atoms with Crippen LogP contribution in [0, 0.1) is 0 Å². The fraction of sp³-hybridized carbons (Fsp3) is 0.533. The Labute approximate surface area is 143 Å². The average molecular weight is 364 g/mol. The van der Waals surface area contributed by atoms with Crippen molar-refractivity contribution in [1.82, 2.24) is 10.3 Å². The number of rotatable bonds is 8. The zero-order chi connectivity index (χ0) is 19.3. The highest BCUT2D eigenvalue weighted by atomic mass is 19.4. The highest BCUT2D eigenvalue weighted by Crippen LogP contribution is 2.17. The molecule has 0 fully saturated rings. The number of pyridine rings is 1. The lowest BCUT2D eigenvalue weighted by Gasteiger charge is -2.29. The number of halogens is 3. The van der Waals surface area contributed by atoms with E-state index in [1.807, 2.05) is 21.1 Å². The summed E-state index contributed by atoms with van der Waals surface area (Å²) in [5.74, 6) is -1.87. The van der Waals surface area contributed by atoms with E-state index in [1.54, 1.807) is 0 Å². The molecule has 0 spiro atoms. The number of ether oxygens (including phenoxy) is 1. The molecule has 2 N–H and O–H groups in total.